The third kappa shape index (κ3) is 5.36. The molecule has 18 heavy (non-hydrogen) atoms. The van der Waals surface area contributed by atoms with Gasteiger partial charge in [0.1, 0.15) is 0 Å². The molecule has 1 saturated carbocycles. The SMILES string of the molecule is CCCCNC(=O)C(C)NCC1(CCOC)CC1. The van der Waals surface area contributed by atoms with E-state index in [9.17, 15) is 4.79 Å². The minimum absolute atomic E-state index is 0.0955. The van der Waals surface area contributed by atoms with Crippen LogP contribution in [0.15, 0.2) is 0 Å². The van der Waals surface area contributed by atoms with Crippen LogP contribution in [-0.4, -0.2) is 38.8 Å². The summed E-state index contributed by atoms with van der Waals surface area (Å²) in [6.45, 7) is 6.60. The summed E-state index contributed by atoms with van der Waals surface area (Å²) in [5, 5.41) is 6.31. The fraction of sp³-hybridized carbons (Fsp3) is 0.929. The largest absolute Gasteiger partial charge is 0.385 e. The van der Waals surface area contributed by atoms with E-state index < -0.39 is 0 Å². The van der Waals surface area contributed by atoms with Crippen molar-refractivity contribution in [3.8, 4) is 0 Å². The summed E-state index contributed by atoms with van der Waals surface area (Å²) in [7, 11) is 1.74. The van der Waals surface area contributed by atoms with Crippen molar-refractivity contribution in [3.63, 3.8) is 0 Å². The van der Waals surface area contributed by atoms with Crippen LogP contribution in [0, 0.1) is 5.41 Å². The van der Waals surface area contributed by atoms with E-state index in [0.29, 0.717) is 5.41 Å². The molecule has 0 aromatic heterocycles. The van der Waals surface area contributed by atoms with Crippen molar-refractivity contribution in [2.45, 2.75) is 52.0 Å². The smallest absolute Gasteiger partial charge is 0.236 e. The summed E-state index contributed by atoms with van der Waals surface area (Å²) in [5.41, 5.74) is 0.397. The van der Waals surface area contributed by atoms with E-state index in [1.54, 1.807) is 7.11 Å². The highest BCUT2D eigenvalue weighted by atomic mass is 16.5. The van der Waals surface area contributed by atoms with E-state index in [4.69, 9.17) is 4.74 Å². The van der Waals surface area contributed by atoms with Gasteiger partial charge in [-0.25, -0.2) is 0 Å². The maximum Gasteiger partial charge on any atom is 0.236 e. The molecule has 1 fully saturated rings. The van der Waals surface area contributed by atoms with Crippen molar-refractivity contribution >= 4 is 5.91 Å². The van der Waals surface area contributed by atoms with Crippen molar-refractivity contribution in [3.05, 3.63) is 0 Å². The highest BCUT2D eigenvalue weighted by Gasteiger charge is 2.41. The molecule has 0 saturated heterocycles. The molecule has 0 aromatic rings. The number of nitrogens with one attached hydrogen (secondary N) is 2. The quantitative estimate of drug-likeness (QED) is 0.585. The van der Waals surface area contributed by atoms with Gasteiger partial charge in [0.25, 0.3) is 0 Å². The number of rotatable bonds is 10. The summed E-state index contributed by atoms with van der Waals surface area (Å²) in [6.07, 6.45) is 5.78. The molecule has 1 atom stereocenters. The number of methoxy groups -OCH3 is 1. The average molecular weight is 256 g/mol. The molecule has 0 radical (unpaired) electrons. The zero-order valence-corrected chi connectivity index (χ0v) is 12.1. The maximum absolute atomic E-state index is 11.8. The zero-order valence-electron chi connectivity index (χ0n) is 12.1. The molecule has 0 bridgehead atoms. The number of hydrogen-bond acceptors (Lipinski definition) is 3. The summed E-state index contributed by atoms with van der Waals surface area (Å²) < 4.78 is 5.13. The van der Waals surface area contributed by atoms with Crippen LogP contribution in [-0.2, 0) is 9.53 Å². The van der Waals surface area contributed by atoms with E-state index in [0.717, 1.165) is 39.0 Å². The van der Waals surface area contributed by atoms with Gasteiger partial charge in [-0.3, -0.25) is 4.79 Å². The molecule has 4 nitrogen and oxygen atoms in total. The lowest BCUT2D eigenvalue weighted by molar-refractivity contribution is -0.122. The minimum atomic E-state index is -0.0955. The summed E-state index contributed by atoms with van der Waals surface area (Å²) in [6, 6.07) is -0.0955. The van der Waals surface area contributed by atoms with Crippen molar-refractivity contribution < 1.29 is 9.53 Å². The van der Waals surface area contributed by atoms with Crippen LogP contribution in [0.4, 0.5) is 0 Å². The molecular weight excluding hydrogens is 228 g/mol. The van der Waals surface area contributed by atoms with Gasteiger partial charge in [0.05, 0.1) is 6.04 Å². The molecule has 0 aromatic carbocycles. The van der Waals surface area contributed by atoms with Gasteiger partial charge >= 0.3 is 0 Å². The molecule has 2 N–H and O–H groups in total. The first-order valence-corrected chi connectivity index (χ1v) is 7.13. The second kappa shape index (κ2) is 7.74. The second-order valence-corrected chi connectivity index (χ2v) is 5.49. The number of carbonyl (C=O) groups is 1. The van der Waals surface area contributed by atoms with E-state index in [1.807, 2.05) is 6.92 Å². The molecule has 1 aliphatic carbocycles. The van der Waals surface area contributed by atoms with Gasteiger partial charge < -0.3 is 15.4 Å². The third-order valence-electron chi connectivity index (χ3n) is 3.80. The standard InChI is InChI=1S/C14H28N2O2/c1-4-5-9-15-13(17)12(2)16-11-14(6-7-14)8-10-18-3/h12,16H,4-11H2,1-3H3,(H,15,17). The van der Waals surface area contributed by atoms with E-state index >= 15 is 0 Å². The number of ether oxygens (including phenoxy) is 1. The molecule has 1 rings (SSSR count). The van der Waals surface area contributed by atoms with Crippen LogP contribution in [0.25, 0.3) is 0 Å². The molecule has 1 aliphatic rings. The van der Waals surface area contributed by atoms with Crippen molar-refractivity contribution in [2.75, 3.05) is 26.8 Å². The van der Waals surface area contributed by atoms with E-state index in [2.05, 4.69) is 17.6 Å². The molecule has 0 spiro atoms. The van der Waals surface area contributed by atoms with Gasteiger partial charge in [-0.2, -0.15) is 0 Å². The van der Waals surface area contributed by atoms with Gasteiger partial charge in [-0.1, -0.05) is 13.3 Å². The van der Waals surface area contributed by atoms with Gasteiger partial charge in [-0.15, -0.1) is 0 Å². The highest BCUT2D eigenvalue weighted by molar-refractivity contribution is 5.81. The van der Waals surface area contributed by atoms with Crippen molar-refractivity contribution in [1.29, 1.82) is 0 Å². The number of carbonyl (C=O) groups excluding carboxylic acids is 1. The van der Waals surface area contributed by atoms with Crippen LogP contribution in [0.3, 0.4) is 0 Å². The lowest BCUT2D eigenvalue weighted by Gasteiger charge is -2.19. The number of unbranched alkanes of at least 4 members (excludes halogenated alkanes) is 1. The molecule has 0 heterocycles. The Balaban J connectivity index is 2.15. The number of hydrogen-bond donors (Lipinski definition) is 2. The van der Waals surface area contributed by atoms with Gasteiger partial charge in [-0.05, 0) is 38.0 Å². The van der Waals surface area contributed by atoms with Gasteiger partial charge in [0, 0.05) is 26.8 Å². The van der Waals surface area contributed by atoms with Crippen LogP contribution >= 0.6 is 0 Å². The Morgan fingerprint density at radius 1 is 1.44 bits per heavy atom. The molecule has 1 unspecified atom stereocenters. The van der Waals surface area contributed by atoms with Crippen LogP contribution in [0.5, 0.6) is 0 Å². The monoisotopic (exact) mass is 256 g/mol. The fourth-order valence-corrected chi connectivity index (χ4v) is 2.01. The topological polar surface area (TPSA) is 50.4 Å². The summed E-state index contributed by atoms with van der Waals surface area (Å²) in [4.78, 5) is 11.8. The first-order valence-electron chi connectivity index (χ1n) is 7.13. The molecule has 0 aliphatic heterocycles. The van der Waals surface area contributed by atoms with Crippen LogP contribution < -0.4 is 10.6 Å². The normalized spacial score (nSPS) is 18.4. The van der Waals surface area contributed by atoms with Crippen molar-refractivity contribution in [1.82, 2.24) is 10.6 Å². The first-order chi connectivity index (χ1) is 8.63. The average Bonchev–Trinajstić information content (AvgIpc) is 3.14. The van der Waals surface area contributed by atoms with Gasteiger partial charge in [0.15, 0.2) is 0 Å². The molecule has 106 valence electrons. The molecule has 1 amide bonds. The maximum atomic E-state index is 11.8. The lowest BCUT2D eigenvalue weighted by Crippen LogP contribution is -2.44. The number of amides is 1. The first kappa shape index (κ1) is 15.4. The Labute approximate surface area is 111 Å². The Bertz CT molecular complexity index is 252. The fourth-order valence-electron chi connectivity index (χ4n) is 2.01. The Morgan fingerprint density at radius 2 is 2.17 bits per heavy atom. The Morgan fingerprint density at radius 3 is 2.72 bits per heavy atom. The third-order valence-corrected chi connectivity index (χ3v) is 3.80. The minimum Gasteiger partial charge on any atom is -0.385 e. The zero-order chi connectivity index (χ0) is 13.4. The molecular formula is C14H28N2O2. The highest BCUT2D eigenvalue weighted by Crippen LogP contribution is 2.48. The van der Waals surface area contributed by atoms with Crippen LogP contribution in [0.2, 0.25) is 0 Å². The predicted octanol–water partition coefficient (Wildman–Crippen LogP) is 1.70. The van der Waals surface area contributed by atoms with Gasteiger partial charge in [0.2, 0.25) is 5.91 Å². The van der Waals surface area contributed by atoms with Crippen LogP contribution in [0.1, 0.15) is 46.0 Å². The van der Waals surface area contributed by atoms with Crippen molar-refractivity contribution in [2.24, 2.45) is 5.41 Å². The predicted molar refractivity (Wildman–Crippen MR) is 73.5 cm³/mol. The lowest BCUT2D eigenvalue weighted by atomic mass is 10.0. The summed E-state index contributed by atoms with van der Waals surface area (Å²) >= 11 is 0. The van der Waals surface area contributed by atoms with E-state index in [-0.39, 0.29) is 11.9 Å². The molecule has 4 heteroatoms. The summed E-state index contributed by atoms with van der Waals surface area (Å²) in [5.74, 6) is 0.117. The Kier molecular flexibility index (Phi) is 6.65. The van der Waals surface area contributed by atoms with E-state index in [1.165, 1.54) is 12.8 Å². The second-order valence-electron chi connectivity index (χ2n) is 5.49. The Hall–Kier alpha value is -0.610.